The van der Waals surface area contributed by atoms with Gasteiger partial charge < -0.3 is 15.5 Å². The van der Waals surface area contributed by atoms with Crippen molar-refractivity contribution < 1.29 is 4.79 Å². The Kier molecular flexibility index (Phi) is 5.40. The average molecular weight is 296 g/mol. The molecule has 1 aliphatic rings. The third kappa shape index (κ3) is 3.32. The first-order chi connectivity index (χ1) is 9.65. The molecule has 0 bridgehead atoms. The molecule has 0 aliphatic carbocycles. The molecule has 20 heavy (non-hydrogen) atoms. The summed E-state index contributed by atoms with van der Waals surface area (Å²) >= 11 is 6.29. The van der Waals surface area contributed by atoms with Gasteiger partial charge in [0.2, 0.25) is 5.91 Å². The number of rotatable bonds is 4. The largest absolute Gasteiger partial charge is 0.333 e. The van der Waals surface area contributed by atoms with Crippen LogP contribution in [0.4, 0.5) is 0 Å². The van der Waals surface area contributed by atoms with E-state index in [2.05, 4.69) is 10.6 Å². The predicted molar refractivity (Wildman–Crippen MR) is 81.9 cm³/mol. The van der Waals surface area contributed by atoms with Crippen LogP contribution in [-0.4, -0.2) is 44.0 Å². The Labute approximate surface area is 125 Å². The van der Waals surface area contributed by atoms with Gasteiger partial charge in [-0.15, -0.1) is 0 Å². The van der Waals surface area contributed by atoms with Crippen LogP contribution in [0.2, 0.25) is 5.02 Å². The van der Waals surface area contributed by atoms with Gasteiger partial charge in [0.1, 0.15) is 0 Å². The summed E-state index contributed by atoms with van der Waals surface area (Å²) in [6, 6.07) is 7.78. The summed E-state index contributed by atoms with van der Waals surface area (Å²) in [7, 11) is 1.87. The lowest BCUT2D eigenvalue weighted by molar-refractivity contribution is -0.138. The second-order valence-corrected chi connectivity index (χ2v) is 5.64. The van der Waals surface area contributed by atoms with E-state index in [9.17, 15) is 4.79 Å². The van der Waals surface area contributed by atoms with Gasteiger partial charge in [0.15, 0.2) is 0 Å². The maximum atomic E-state index is 12.6. The minimum Gasteiger partial charge on any atom is -0.333 e. The van der Waals surface area contributed by atoms with Crippen LogP contribution >= 0.6 is 11.6 Å². The highest BCUT2D eigenvalue weighted by Gasteiger charge is 2.31. The molecule has 2 N–H and O–H groups in total. The average Bonchev–Trinajstić information content (AvgIpc) is 2.47. The molecular weight excluding hydrogens is 274 g/mol. The van der Waals surface area contributed by atoms with Crippen molar-refractivity contribution in [2.75, 3.05) is 33.2 Å². The van der Waals surface area contributed by atoms with E-state index >= 15 is 0 Å². The summed E-state index contributed by atoms with van der Waals surface area (Å²) in [5.41, 5.74) is 1.02. The van der Waals surface area contributed by atoms with Gasteiger partial charge >= 0.3 is 0 Å². The van der Waals surface area contributed by atoms with Crippen LogP contribution in [0.1, 0.15) is 18.5 Å². The Hall–Kier alpha value is -1.10. The minimum atomic E-state index is -0.0249. The topological polar surface area (TPSA) is 44.4 Å². The van der Waals surface area contributed by atoms with E-state index in [1.165, 1.54) is 0 Å². The fraction of sp³-hybridized carbons (Fsp3) is 0.533. The first-order valence-electron chi connectivity index (χ1n) is 7.05. The minimum absolute atomic E-state index is 0.0178. The van der Waals surface area contributed by atoms with Crippen LogP contribution < -0.4 is 10.6 Å². The number of benzene rings is 1. The van der Waals surface area contributed by atoms with Crippen molar-refractivity contribution in [3.8, 4) is 0 Å². The number of nitrogens with one attached hydrogen (secondary N) is 2. The molecule has 110 valence electrons. The highest BCUT2D eigenvalue weighted by atomic mass is 35.5. The van der Waals surface area contributed by atoms with Crippen molar-refractivity contribution in [2.24, 2.45) is 5.92 Å². The van der Waals surface area contributed by atoms with Gasteiger partial charge in [0.25, 0.3) is 0 Å². The standard InChI is InChI=1S/C15H22ClN3O/c1-11(9-17-2)15(20)19-8-7-18-10-14(19)12-5-3-4-6-13(12)16/h3-6,11,14,17-18H,7-10H2,1-2H3. The van der Waals surface area contributed by atoms with Gasteiger partial charge in [0, 0.05) is 37.1 Å². The predicted octanol–water partition coefficient (Wildman–Crippen LogP) is 1.67. The van der Waals surface area contributed by atoms with Crippen LogP contribution in [-0.2, 0) is 4.79 Å². The first kappa shape index (κ1) is 15.3. The number of amides is 1. The van der Waals surface area contributed by atoms with Gasteiger partial charge in [0.05, 0.1) is 6.04 Å². The molecule has 4 nitrogen and oxygen atoms in total. The summed E-state index contributed by atoms with van der Waals surface area (Å²) in [6.45, 7) is 4.96. The van der Waals surface area contributed by atoms with Crippen LogP contribution in [0.25, 0.3) is 0 Å². The van der Waals surface area contributed by atoms with Crippen LogP contribution in [0.15, 0.2) is 24.3 Å². The van der Waals surface area contributed by atoms with E-state index in [1.54, 1.807) is 0 Å². The van der Waals surface area contributed by atoms with Gasteiger partial charge in [-0.3, -0.25) is 4.79 Å². The number of hydrogen-bond donors (Lipinski definition) is 2. The molecule has 2 atom stereocenters. The molecule has 2 rings (SSSR count). The molecule has 1 aromatic carbocycles. The third-order valence-corrected chi connectivity index (χ3v) is 4.07. The van der Waals surface area contributed by atoms with Crippen molar-refractivity contribution in [1.82, 2.24) is 15.5 Å². The van der Waals surface area contributed by atoms with E-state index in [0.29, 0.717) is 6.54 Å². The maximum absolute atomic E-state index is 12.6. The molecule has 1 fully saturated rings. The molecule has 0 saturated carbocycles. The Bertz CT molecular complexity index is 466. The Balaban J connectivity index is 2.21. The molecule has 0 aromatic heterocycles. The van der Waals surface area contributed by atoms with Gasteiger partial charge in [-0.25, -0.2) is 0 Å². The molecule has 0 radical (unpaired) electrons. The monoisotopic (exact) mass is 295 g/mol. The lowest BCUT2D eigenvalue weighted by Crippen LogP contribution is -2.51. The molecule has 1 aliphatic heterocycles. The van der Waals surface area contributed by atoms with Crippen LogP contribution in [0.3, 0.4) is 0 Å². The molecule has 1 saturated heterocycles. The summed E-state index contributed by atoms with van der Waals surface area (Å²) < 4.78 is 0. The number of nitrogens with zero attached hydrogens (tertiary/aromatic N) is 1. The van der Waals surface area contributed by atoms with E-state index in [0.717, 1.165) is 30.2 Å². The number of halogens is 1. The summed E-state index contributed by atoms with van der Waals surface area (Å²) in [5, 5.41) is 7.13. The van der Waals surface area contributed by atoms with Crippen molar-refractivity contribution in [3.05, 3.63) is 34.9 Å². The van der Waals surface area contributed by atoms with Gasteiger partial charge in [-0.1, -0.05) is 36.7 Å². The molecule has 1 heterocycles. The SMILES string of the molecule is CNCC(C)C(=O)N1CCNCC1c1ccccc1Cl. The van der Waals surface area contributed by atoms with E-state index < -0.39 is 0 Å². The molecule has 1 aromatic rings. The summed E-state index contributed by atoms with van der Waals surface area (Å²) in [4.78, 5) is 14.6. The smallest absolute Gasteiger partial charge is 0.227 e. The quantitative estimate of drug-likeness (QED) is 0.888. The normalized spacial score (nSPS) is 20.8. The van der Waals surface area contributed by atoms with Crippen molar-refractivity contribution in [1.29, 1.82) is 0 Å². The lowest BCUT2D eigenvalue weighted by atomic mass is 10.0. The zero-order chi connectivity index (χ0) is 14.5. The second-order valence-electron chi connectivity index (χ2n) is 5.23. The number of hydrogen-bond acceptors (Lipinski definition) is 3. The third-order valence-electron chi connectivity index (χ3n) is 3.72. The molecular formula is C15H22ClN3O. The van der Waals surface area contributed by atoms with E-state index in [4.69, 9.17) is 11.6 Å². The van der Waals surface area contributed by atoms with Crippen molar-refractivity contribution >= 4 is 17.5 Å². The lowest BCUT2D eigenvalue weighted by Gasteiger charge is -2.38. The number of piperazine rings is 1. The second kappa shape index (κ2) is 7.07. The molecule has 2 unspecified atom stereocenters. The fourth-order valence-corrected chi connectivity index (χ4v) is 2.93. The highest BCUT2D eigenvalue weighted by molar-refractivity contribution is 6.31. The molecule has 1 amide bonds. The Morgan fingerprint density at radius 3 is 3.00 bits per heavy atom. The Morgan fingerprint density at radius 1 is 1.55 bits per heavy atom. The number of carbonyl (C=O) groups excluding carboxylic acids is 1. The maximum Gasteiger partial charge on any atom is 0.227 e. The molecule has 0 spiro atoms. The van der Waals surface area contributed by atoms with Gasteiger partial charge in [-0.05, 0) is 18.7 Å². The Morgan fingerprint density at radius 2 is 2.30 bits per heavy atom. The van der Waals surface area contributed by atoms with Crippen LogP contribution in [0, 0.1) is 5.92 Å². The van der Waals surface area contributed by atoms with Crippen LogP contribution in [0.5, 0.6) is 0 Å². The van der Waals surface area contributed by atoms with E-state index in [-0.39, 0.29) is 17.9 Å². The van der Waals surface area contributed by atoms with Gasteiger partial charge in [-0.2, -0.15) is 0 Å². The first-order valence-corrected chi connectivity index (χ1v) is 7.43. The highest BCUT2D eigenvalue weighted by Crippen LogP contribution is 2.29. The van der Waals surface area contributed by atoms with E-state index in [1.807, 2.05) is 43.1 Å². The van der Waals surface area contributed by atoms with Crippen molar-refractivity contribution in [3.63, 3.8) is 0 Å². The number of carbonyl (C=O) groups is 1. The zero-order valence-corrected chi connectivity index (χ0v) is 12.8. The fourth-order valence-electron chi connectivity index (χ4n) is 2.67. The summed E-state index contributed by atoms with van der Waals surface area (Å²) in [5.74, 6) is 0.161. The van der Waals surface area contributed by atoms with Crippen molar-refractivity contribution in [2.45, 2.75) is 13.0 Å². The molecule has 5 heteroatoms. The zero-order valence-electron chi connectivity index (χ0n) is 12.0. The summed E-state index contributed by atoms with van der Waals surface area (Å²) in [6.07, 6.45) is 0.